The fourth-order valence-electron chi connectivity index (χ4n) is 9.64. The van der Waals surface area contributed by atoms with Crippen LogP contribution in [0.25, 0.3) is 0 Å². The zero-order valence-corrected chi connectivity index (χ0v) is 52.3. The standard InChI is InChI=1S/C68H127N2O6P/c1-6-8-10-12-14-16-18-20-22-24-26-27-28-29-30-31-32-33-34-35-36-37-38-39-40-41-42-43-44-46-48-50-52-54-56-58-60-62-68(72)69-66(65-76-77(73,74)75-64-63-70(3,4)5)67(71)61-59-57-55-53-51-49-47-45-25-23-21-19-17-15-13-11-9-7-2/h8,10,14,16,20,22,26-27,29-30,32-33,66-67,71H,6-7,9,11-13,15,17-19,21,23-25,28,31,34-65H2,1-5H3,(H-,69,72,73,74)/b10-8-,16-14-,22-20-,27-26-,30-29-,33-32-. The molecular weight excluding hydrogens is 972 g/mol. The molecule has 2 N–H and O–H groups in total. The highest BCUT2D eigenvalue weighted by Gasteiger charge is 2.24. The molecule has 0 saturated carbocycles. The number of nitrogens with one attached hydrogen (secondary N) is 1. The molecule has 450 valence electrons. The zero-order chi connectivity index (χ0) is 56.3. The van der Waals surface area contributed by atoms with Crippen molar-refractivity contribution in [2.45, 2.75) is 315 Å². The van der Waals surface area contributed by atoms with E-state index in [2.05, 4.69) is 92.1 Å². The molecular formula is C68H127N2O6P. The SMILES string of the molecule is CC/C=C\C/C=C\C/C=C\C/C=C\C/C=C\C/C=C\CCCCCCCCCCCCCCCCCCCCC(=O)NC(COP(=O)([O-])OCC[N+](C)(C)C)C(O)CCCCCCCCCCCCCCCCCCCC. The number of phosphoric ester groups is 1. The summed E-state index contributed by atoms with van der Waals surface area (Å²) >= 11 is 0. The number of aliphatic hydroxyl groups excluding tert-OH is 1. The summed E-state index contributed by atoms with van der Waals surface area (Å²) in [5.74, 6) is -0.162. The van der Waals surface area contributed by atoms with E-state index < -0.39 is 20.0 Å². The minimum atomic E-state index is -4.58. The number of hydrogen-bond acceptors (Lipinski definition) is 6. The molecule has 0 spiro atoms. The third kappa shape index (κ3) is 61.4. The lowest BCUT2D eigenvalue weighted by Gasteiger charge is -2.30. The Morgan fingerprint density at radius 3 is 1.16 bits per heavy atom. The van der Waals surface area contributed by atoms with Crippen molar-refractivity contribution in [2.75, 3.05) is 40.9 Å². The quantitative estimate of drug-likeness (QED) is 0.0272. The van der Waals surface area contributed by atoms with Crippen LogP contribution in [0.3, 0.4) is 0 Å². The predicted molar refractivity (Wildman–Crippen MR) is 334 cm³/mol. The first-order chi connectivity index (χ1) is 37.5. The van der Waals surface area contributed by atoms with Gasteiger partial charge in [0.2, 0.25) is 5.91 Å². The number of unbranched alkanes of at least 4 members (excludes halogenated alkanes) is 35. The van der Waals surface area contributed by atoms with E-state index in [1.807, 2.05) is 21.1 Å². The van der Waals surface area contributed by atoms with Gasteiger partial charge in [-0.3, -0.25) is 9.36 Å². The van der Waals surface area contributed by atoms with Gasteiger partial charge in [0.1, 0.15) is 13.2 Å². The minimum Gasteiger partial charge on any atom is -0.756 e. The summed E-state index contributed by atoms with van der Waals surface area (Å²) in [7, 11) is 1.31. The molecule has 1 amide bonds. The lowest BCUT2D eigenvalue weighted by atomic mass is 10.0. The van der Waals surface area contributed by atoms with E-state index in [0.29, 0.717) is 23.9 Å². The number of amides is 1. The van der Waals surface area contributed by atoms with Crippen LogP contribution in [-0.2, 0) is 18.4 Å². The number of phosphoric acid groups is 1. The third-order valence-corrected chi connectivity index (χ3v) is 15.7. The van der Waals surface area contributed by atoms with E-state index in [1.54, 1.807) is 0 Å². The zero-order valence-electron chi connectivity index (χ0n) is 51.4. The van der Waals surface area contributed by atoms with Gasteiger partial charge in [-0.25, -0.2) is 0 Å². The Morgan fingerprint density at radius 1 is 0.468 bits per heavy atom. The van der Waals surface area contributed by atoms with Crippen molar-refractivity contribution in [2.24, 2.45) is 0 Å². The Bertz CT molecular complexity index is 1480. The second kappa shape index (κ2) is 58.6. The van der Waals surface area contributed by atoms with Gasteiger partial charge in [0.15, 0.2) is 0 Å². The molecule has 3 unspecified atom stereocenters. The number of allylic oxidation sites excluding steroid dienone is 12. The van der Waals surface area contributed by atoms with Gasteiger partial charge in [0.25, 0.3) is 7.82 Å². The Morgan fingerprint density at radius 2 is 0.792 bits per heavy atom. The molecule has 77 heavy (non-hydrogen) atoms. The highest BCUT2D eigenvalue weighted by molar-refractivity contribution is 7.45. The molecule has 0 aliphatic rings. The number of aliphatic hydroxyl groups is 1. The van der Waals surface area contributed by atoms with E-state index in [1.165, 1.54) is 199 Å². The van der Waals surface area contributed by atoms with Crippen molar-refractivity contribution in [3.8, 4) is 0 Å². The Balaban J connectivity index is 3.99. The summed E-state index contributed by atoms with van der Waals surface area (Å²) in [4.78, 5) is 25.6. The fraction of sp³-hybridized carbons (Fsp3) is 0.809. The number of nitrogens with zero attached hydrogens (tertiary/aromatic N) is 1. The third-order valence-electron chi connectivity index (χ3n) is 14.7. The summed E-state index contributed by atoms with van der Waals surface area (Å²) in [6.45, 7) is 4.64. The molecule has 0 aromatic rings. The summed E-state index contributed by atoms with van der Waals surface area (Å²) < 4.78 is 23.5. The molecule has 0 radical (unpaired) electrons. The maximum Gasteiger partial charge on any atom is 0.268 e. The van der Waals surface area contributed by atoms with Crippen molar-refractivity contribution in [3.63, 3.8) is 0 Å². The molecule has 0 aliphatic heterocycles. The predicted octanol–water partition coefficient (Wildman–Crippen LogP) is 20.0. The second-order valence-electron chi connectivity index (χ2n) is 23.4. The summed E-state index contributed by atoms with van der Waals surface area (Å²) in [6, 6.07) is -0.802. The normalized spacial score (nSPS) is 14.2. The molecule has 0 saturated heterocycles. The van der Waals surface area contributed by atoms with E-state index in [4.69, 9.17) is 9.05 Å². The monoisotopic (exact) mass is 1100 g/mol. The van der Waals surface area contributed by atoms with Crippen molar-refractivity contribution in [1.82, 2.24) is 5.32 Å². The summed E-state index contributed by atoms with van der Waals surface area (Å²) in [5, 5.41) is 14.1. The number of carbonyl (C=O) groups excluding carboxylic acids is 1. The van der Waals surface area contributed by atoms with Crippen LogP contribution in [0.2, 0.25) is 0 Å². The second-order valence-corrected chi connectivity index (χ2v) is 24.9. The number of hydrogen-bond donors (Lipinski definition) is 2. The number of quaternary nitrogens is 1. The molecule has 3 atom stereocenters. The van der Waals surface area contributed by atoms with Crippen molar-refractivity contribution < 1.29 is 32.9 Å². The summed E-state index contributed by atoms with van der Waals surface area (Å²) in [6.07, 6.45) is 81.0. The van der Waals surface area contributed by atoms with Gasteiger partial charge >= 0.3 is 0 Å². The molecule has 0 aromatic heterocycles. The largest absolute Gasteiger partial charge is 0.756 e. The first-order valence-corrected chi connectivity index (χ1v) is 34.2. The van der Waals surface area contributed by atoms with Gasteiger partial charge in [0.05, 0.1) is 39.9 Å². The minimum absolute atomic E-state index is 0.0122. The molecule has 0 rings (SSSR count). The lowest BCUT2D eigenvalue weighted by Crippen LogP contribution is -2.46. The van der Waals surface area contributed by atoms with Gasteiger partial charge in [0, 0.05) is 6.42 Å². The van der Waals surface area contributed by atoms with Crippen LogP contribution in [0.4, 0.5) is 0 Å². The van der Waals surface area contributed by atoms with E-state index >= 15 is 0 Å². The molecule has 0 aliphatic carbocycles. The Hall–Kier alpha value is -2.06. The van der Waals surface area contributed by atoms with Crippen LogP contribution in [0, 0.1) is 0 Å². The Kier molecular flexibility index (Phi) is 57.0. The van der Waals surface area contributed by atoms with E-state index in [-0.39, 0.29) is 19.1 Å². The average molecular weight is 1100 g/mol. The highest BCUT2D eigenvalue weighted by atomic mass is 31.2. The Labute approximate surface area is 478 Å². The topological polar surface area (TPSA) is 108 Å². The maximum atomic E-state index is 13.0. The summed E-state index contributed by atoms with van der Waals surface area (Å²) in [5.41, 5.74) is 0. The molecule has 0 bridgehead atoms. The molecule has 0 fully saturated rings. The lowest BCUT2D eigenvalue weighted by molar-refractivity contribution is -0.870. The van der Waals surface area contributed by atoms with E-state index in [0.717, 1.165) is 77.0 Å². The van der Waals surface area contributed by atoms with Gasteiger partial charge in [-0.1, -0.05) is 305 Å². The number of likely N-dealkylation sites (N-methyl/N-ethyl adjacent to an activating group) is 1. The fourth-order valence-corrected chi connectivity index (χ4v) is 10.4. The highest BCUT2D eigenvalue weighted by Crippen LogP contribution is 2.38. The first kappa shape index (κ1) is 74.9. The van der Waals surface area contributed by atoms with Gasteiger partial charge in [-0.2, -0.15) is 0 Å². The van der Waals surface area contributed by atoms with Gasteiger partial charge in [-0.15, -0.1) is 0 Å². The van der Waals surface area contributed by atoms with Crippen LogP contribution >= 0.6 is 7.82 Å². The van der Waals surface area contributed by atoms with Gasteiger partial charge < -0.3 is 28.8 Å². The molecule has 0 heterocycles. The van der Waals surface area contributed by atoms with Crippen molar-refractivity contribution in [1.29, 1.82) is 0 Å². The molecule has 9 heteroatoms. The number of rotatable bonds is 60. The smallest absolute Gasteiger partial charge is 0.268 e. The number of carbonyl (C=O) groups is 1. The van der Waals surface area contributed by atoms with Crippen molar-refractivity contribution >= 4 is 13.7 Å². The van der Waals surface area contributed by atoms with Crippen LogP contribution in [0.15, 0.2) is 72.9 Å². The van der Waals surface area contributed by atoms with Gasteiger partial charge in [-0.05, 0) is 64.2 Å². The molecule has 8 nitrogen and oxygen atoms in total. The molecule has 0 aromatic carbocycles. The van der Waals surface area contributed by atoms with Crippen LogP contribution in [0.1, 0.15) is 303 Å². The van der Waals surface area contributed by atoms with Crippen LogP contribution in [-0.4, -0.2) is 68.5 Å². The van der Waals surface area contributed by atoms with E-state index in [9.17, 15) is 19.4 Å². The first-order valence-electron chi connectivity index (χ1n) is 32.8. The van der Waals surface area contributed by atoms with Crippen LogP contribution < -0.4 is 10.2 Å². The average Bonchev–Trinajstić information content (AvgIpc) is 3.39. The van der Waals surface area contributed by atoms with Crippen molar-refractivity contribution in [3.05, 3.63) is 72.9 Å². The maximum absolute atomic E-state index is 13.0. The van der Waals surface area contributed by atoms with Crippen LogP contribution in [0.5, 0.6) is 0 Å².